The molecule has 2 nitrogen and oxygen atoms in total. The smallest absolute Gasteiger partial charge is 0.0462 e. The van der Waals surface area contributed by atoms with Crippen molar-refractivity contribution in [3.8, 4) is 0 Å². The lowest BCUT2D eigenvalue weighted by Gasteiger charge is -2.22. The predicted octanol–water partition coefficient (Wildman–Crippen LogP) is 3.67. The van der Waals surface area contributed by atoms with Crippen molar-refractivity contribution in [1.29, 1.82) is 0 Å². The zero-order valence-corrected chi connectivity index (χ0v) is 11.6. The number of hydrogen-bond donors (Lipinski definition) is 1. The fraction of sp³-hybridized carbons (Fsp3) is 0.867. The van der Waals surface area contributed by atoms with Gasteiger partial charge in [-0.05, 0) is 57.9 Å². The quantitative estimate of drug-likeness (QED) is 0.489. The molecule has 0 saturated heterocycles. The van der Waals surface area contributed by atoms with Gasteiger partial charge in [0.15, 0.2) is 0 Å². The van der Waals surface area contributed by atoms with Gasteiger partial charge in [-0.25, -0.2) is 0 Å². The van der Waals surface area contributed by atoms with Crippen LogP contribution in [0.25, 0.3) is 0 Å². The van der Waals surface area contributed by atoms with E-state index in [1.807, 2.05) is 0 Å². The van der Waals surface area contributed by atoms with E-state index in [-0.39, 0.29) is 0 Å². The summed E-state index contributed by atoms with van der Waals surface area (Å²) in [6, 6.07) is 0.662. The number of ether oxygens (including phenoxy) is 1. The second kappa shape index (κ2) is 9.67. The largest absolute Gasteiger partial charge is 0.385 e. The summed E-state index contributed by atoms with van der Waals surface area (Å²) >= 11 is 0. The minimum absolute atomic E-state index is 0.662. The van der Waals surface area contributed by atoms with Crippen molar-refractivity contribution < 1.29 is 4.74 Å². The maximum absolute atomic E-state index is 5.14. The molecule has 17 heavy (non-hydrogen) atoms. The van der Waals surface area contributed by atoms with Crippen LogP contribution in [0.15, 0.2) is 11.6 Å². The molecule has 0 bridgehead atoms. The first-order chi connectivity index (χ1) is 8.36. The van der Waals surface area contributed by atoms with Crippen LogP contribution in [0.4, 0.5) is 0 Å². The molecule has 0 spiro atoms. The van der Waals surface area contributed by atoms with Gasteiger partial charge in [-0.3, -0.25) is 0 Å². The highest BCUT2D eigenvalue weighted by atomic mass is 16.5. The lowest BCUT2D eigenvalue weighted by molar-refractivity contribution is 0.188. The van der Waals surface area contributed by atoms with Crippen LogP contribution in [-0.4, -0.2) is 26.3 Å². The van der Waals surface area contributed by atoms with Crippen LogP contribution in [0, 0.1) is 0 Å². The van der Waals surface area contributed by atoms with Crippen LogP contribution in [0.2, 0.25) is 0 Å². The van der Waals surface area contributed by atoms with Gasteiger partial charge in [-0.2, -0.15) is 0 Å². The first-order valence-electron chi connectivity index (χ1n) is 7.27. The fourth-order valence-corrected chi connectivity index (χ4v) is 2.51. The third kappa shape index (κ3) is 6.85. The molecule has 0 saturated carbocycles. The molecule has 0 heterocycles. The molecule has 1 aliphatic rings. The summed E-state index contributed by atoms with van der Waals surface area (Å²) < 4.78 is 5.14. The minimum Gasteiger partial charge on any atom is -0.385 e. The summed E-state index contributed by atoms with van der Waals surface area (Å²) in [5, 5.41) is 3.68. The molecule has 0 fully saturated rings. The van der Waals surface area contributed by atoms with Gasteiger partial charge in [-0.1, -0.05) is 18.6 Å². The van der Waals surface area contributed by atoms with Crippen molar-refractivity contribution >= 4 is 0 Å². The van der Waals surface area contributed by atoms with Crippen LogP contribution in [0.3, 0.4) is 0 Å². The number of allylic oxidation sites excluding steroid dienone is 1. The molecule has 0 radical (unpaired) electrons. The number of nitrogens with one attached hydrogen (secondary N) is 1. The van der Waals surface area contributed by atoms with Crippen LogP contribution >= 0.6 is 0 Å². The second-order valence-corrected chi connectivity index (χ2v) is 5.10. The van der Waals surface area contributed by atoms with E-state index in [2.05, 4.69) is 18.3 Å². The zero-order valence-electron chi connectivity index (χ0n) is 11.6. The molecule has 1 aliphatic carbocycles. The van der Waals surface area contributed by atoms with Crippen molar-refractivity contribution in [3.63, 3.8) is 0 Å². The summed E-state index contributed by atoms with van der Waals surface area (Å²) in [7, 11) is 1.79. The van der Waals surface area contributed by atoms with Gasteiger partial charge < -0.3 is 10.1 Å². The van der Waals surface area contributed by atoms with E-state index in [1.165, 1.54) is 51.4 Å². The molecule has 0 aromatic rings. The van der Waals surface area contributed by atoms with Crippen molar-refractivity contribution in [2.24, 2.45) is 0 Å². The Hall–Kier alpha value is -0.340. The highest BCUT2D eigenvalue weighted by Gasteiger charge is 2.12. The Labute approximate surface area is 107 Å². The maximum atomic E-state index is 5.14. The highest BCUT2D eigenvalue weighted by molar-refractivity contribution is 5.07. The molecular formula is C15H29NO. The lowest BCUT2D eigenvalue weighted by atomic mass is 9.93. The highest BCUT2D eigenvalue weighted by Crippen LogP contribution is 2.22. The monoisotopic (exact) mass is 239 g/mol. The Morgan fingerprint density at radius 1 is 1.41 bits per heavy atom. The molecule has 0 amide bonds. The summed E-state index contributed by atoms with van der Waals surface area (Å²) in [6.07, 6.45) is 12.8. The molecule has 1 N–H and O–H groups in total. The first-order valence-corrected chi connectivity index (χ1v) is 7.27. The third-order valence-corrected chi connectivity index (χ3v) is 3.48. The zero-order chi connectivity index (χ0) is 12.3. The van der Waals surface area contributed by atoms with Crippen molar-refractivity contribution in [1.82, 2.24) is 5.32 Å². The van der Waals surface area contributed by atoms with Crippen LogP contribution < -0.4 is 5.32 Å². The number of hydrogen-bond acceptors (Lipinski definition) is 2. The minimum atomic E-state index is 0.662. The molecule has 1 rings (SSSR count). The second-order valence-electron chi connectivity index (χ2n) is 5.10. The SMILES string of the molecule is CCCNC(CCCOC)CC1=CCCCC1. The first kappa shape index (κ1) is 14.7. The number of rotatable bonds is 9. The molecule has 0 aliphatic heterocycles. The Balaban J connectivity index is 2.30. The third-order valence-electron chi connectivity index (χ3n) is 3.48. The van der Waals surface area contributed by atoms with E-state index in [1.54, 1.807) is 12.7 Å². The van der Waals surface area contributed by atoms with Crippen LogP contribution in [0.5, 0.6) is 0 Å². The van der Waals surface area contributed by atoms with Crippen LogP contribution in [-0.2, 0) is 4.74 Å². The van der Waals surface area contributed by atoms with Gasteiger partial charge in [0.05, 0.1) is 0 Å². The molecular weight excluding hydrogens is 210 g/mol. The standard InChI is InChI=1S/C15H29NO/c1-3-11-16-15(10-7-12-17-2)13-14-8-5-4-6-9-14/h8,15-16H,3-7,9-13H2,1-2H3. The van der Waals surface area contributed by atoms with Gasteiger partial charge in [0.1, 0.15) is 0 Å². The topological polar surface area (TPSA) is 21.3 Å². The van der Waals surface area contributed by atoms with Crippen molar-refractivity contribution in [2.45, 2.75) is 64.3 Å². The van der Waals surface area contributed by atoms with Crippen molar-refractivity contribution in [3.05, 3.63) is 11.6 Å². The summed E-state index contributed by atoms with van der Waals surface area (Å²) in [6.45, 7) is 4.27. The van der Waals surface area contributed by atoms with E-state index in [0.717, 1.165) is 13.2 Å². The Morgan fingerprint density at radius 3 is 2.94 bits per heavy atom. The van der Waals surface area contributed by atoms with E-state index in [9.17, 15) is 0 Å². The van der Waals surface area contributed by atoms with Gasteiger partial charge in [0, 0.05) is 19.8 Å². The number of methoxy groups -OCH3 is 1. The van der Waals surface area contributed by atoms with Gasteiger partial charge in [0.2, 0.25) is 0 Å². The summed E-state index contributed by atoms with van der Waals surface area (Å²) in [4.78, 5) is 0. The van der Waals surface area contributed by atoms with Crippen molar-refractivity contribution in [2.75, 3.05) is 20.3 Å². The Bertz CT molecular complexity index is 213. The van der Waals surface area contributed by atoms with Crippen LogP contribution in [0.1, 0.15) is 58.3 Å². The summed E-state index contributed by atoms with van der Waals surface area (Å²) in [5.41, 5.74) is 1.68. The molecule has 2 heteroatoms. The summed E-state index contributed by atoms with van der Waals surface area (Å²) in [5.74, 6) is 0. The molecule has 1 unspecified atom stereocenters. The van der Waals surface area contributed by atoms with Gasteiger partial charge in [0.25, 0.3) is 0 Å². The van der Waals surface area contributed by atoms with E-state index in [4.69, 9.17) is 4.74 Å². The van der Waals surface area contributed by atoms with E-state index >= 15 is 0 Å². The van der Waals surface area contributed by atoms with Gasteiger partial charge in [-0.15, -0.1) is 0 Å². The average molecular weight is 239 g/mol. The molecule has 0 aromatic heterocycles. The predicted molar refractivity (Wildman–Crippen MR) is 74.4 cm³/mol. The Kier molecular flexibility index (Phi) is 8.37. The van der Waals surface area contributed by atoms with E-state index in [0.29, 0.717) is 6.04 Å². The lowest BCUT2D eigenvalue weighted by Crippen LogP contribution is -2.30. The average Bonchev–Trinajstić information content (AvgIpc) is 2.37. The normalized spacial score (nSPS) is 17.9. The molecule has 0 aromatic carbocycles. The molecule has 100 valence electrons. The van der Waals surface area contributed by atoms with E-state index < -0.39 is 0 Å². The maximum Gasteiger partial charge on any atom is 0.0462 e. The molecule has 1 atom stereocenters. The Morgan fingerprint density at radius 2 is 2.29 bits per heavy atom. The van der Waals surface area contributed by atoms with Gasteiger partial charge >= 0.3 is 0 Å². The fourth-order valence-electron chi connectivity index (χ4n) is 2.51.